The second-order valence-corrected chi connectivity index (χ2v) is 6.92. The number of nitrogens with zero attached hydrogens (tertiary/aromatic N) is 3. The Morgan fingerprint density at radius 1 is 1.00 bits per heavy atom. The third-order valence-electron chi connectivity index (χ3n) is 4.39. The van der Waals surface area contributed by atoms with Gasteiger partial charge in [0.1, 0.15) is 12.4 Å². The highest BCUT2D eigenvalue weighted by atomic mass is 16.5. The van der Waals surface area contributed by atoms with E-state index in [2.05, 4.69) is 15.3 Å². The van der Waals surface area contributed by atoms with Crippen LogP contribution in [-0.4, -0.2) is 41.0 Å². The van der Waals surface area contributed by atoms with Crippen LogP contribution < -0.4 is 10.1 Å². The van der Waals surface area contributed by atoms with Crippen molar-refractivity contribution in [1.82, 2.24) is 14.9 Å². The number of anilines is 1. The number of carbonyl (C=O) groups is 1. The molecule has 6 heteroatoms. The van der Waals surface area contributed by atoms with Gasteiger partial charge in [0, 0.05) is 30.5 Å². The van der Waals surface area contributed by atoms with Gasteiger partial charge in [-0.3, -0.25) is 4.79 Å². The molecule has 0 spiro atoms. The molecule has 3 aromatic rings. The lowest BCUT2D eigenvalue weighted by Gasteiger charge is -2.18. The number of likely N-dealkylation sites (N-methyl/N-ethyl adjacent to an activating group) is 1. The van der Waals surface area contributed by atoms with E-state index in [1.165, 1.54) is 0 Å². The number of hydrogen-bond acceptors (Lipinski definition) is 5. The molecule has 29 heavy (non-hydrogen) atoms. The Bertz CT molecular complexity index is 940. The van der Waals surface area contributed by atoms with Crippen molar-refractivity contribution in [3.63, 3.8) is 0 Å². The first kappa shape index (κ1) is 20.3. The van der Waals surface area contributed by atoms with Gasteiger partial charge < -0.3 is 15.0 Å². The maximum atomic E-state index is 12.7. The molecule has 1 aromatic heterocycles. The lowest BCUT2D eigenvalue weighted by molar-refractivity contribution is 0.0773. The number of para-hydroxylation sites is 1. The first-order chi connectivity index (χ1) is 14.0. The summed E-state index contributed by atoms with van der Waals surface area (Å²) in [5.41, 5.74) is 3.48. The monoisotopic (exact) mass is 390 g/mol. The molecular weight excluding hydrogens is 364 g/mol. The fraction of sp³-hybridized carbons (Fsp3) is 0.261. The van der Waals surface area contributed by atoms with Crippen LogP contribution in [0.15, 0.2) is 60.7 Å². The predicted octanol–water partition coefficient (Wildman–Crippen LogP) is 3.86. The Hall–Kier alpha value is -3.41. The van der Waals surface area contributed by atoms with E-state index < -0.39 is 0 Å². The van der Waals surface area contributed by atoms with E-state index in [9.17, 15) is 4.79 Å². The van der Waals surface area contributed by atoms with Crippen LogP contribution in [-0.2, 0) is 6.54 Å². The largest absolute Gasteiger partial charge is 0.492 e. The molecular formula is C23H26N4O2. The summed E-state index contributed by atoms with van der Waals surface area (Å²) in [6, 6.07) is 19.1. The number of nitrogens with one attached hydrogen (secondary N) is 1. The Morgan fingerprint density at radius 3 is 2.45 bits per heavy atom. The van der Waals surface area contributed by atoms with Crippen molar-refractivity contribution in [2.45, 2.75) is 20.4 Å². The number of benzene rings is 2. The van der Waals surface area contributed by atoms with E-state index in [0.29, 0.717) is 31.2 Å². The lowest BCUT2D eigenvalue weighted by atomic mass is 10.1. The molecule has 1 amide bonds. The molecule has 0 saturated heterocycles. The minimum absolute atomic E-state index is 0.0360. The third kappa shape index (κ3) is 6.04. The summed E-state index contributed by atoms with van der Waals surface area (Å²) in [4.78, 5) is 23.2. The van der Waals surface area contributed by atoms with E-state index in [1.54, 1.807) is 11.9 Å². The molecule has 0 aliphatic heterocycles. The van der Waals surface area contributed by atoms with Crippen LogP contribution in [0.4, 0.5) is 5.95 Å². The van der Waals surface area contributed by atoms with Gasteiger partial charge in [-0.15, -0.1) is 0 Å². The smallest absolute Gasteiger partial charge is 0.253 e. The predicted molar refractivity (Wildman–Crippen MR) is 114 cm³/mol. The average molecular weight is 390 g/mol. The van der Waals surface area contributed by atoms with Crippen LogP contribution in [0.1, 0.15) is 27.3 Å². The molecule has 0 aliphatic rings. The number of aryl methyl sites for hydroxylation is 2. The summed E-state index contributed by atoms with van der Waals surface area (Å²) < 4.78 is 5.68. The number of hydrogen-bond donors (Lipinski definition) is 1. The van der Waals surface area contributed by atoms with Crippen LogP contribution >= 0.6 is 0 Å². The van der Waals surface area contributed by atoms with Crippen molar-refractivity contribution < 1.29 is 9.53 Å². The summed E-state index contributed by atoms with van der Waals surface area (Å²) >= 11 is 0. The Labute approximate surface area is 171 Å². The topological polar surface area (TPSA) is 67.4 Å². The van der Waals surface area contributed by atoms with Gasteiger partial charge in [-0.25, -0.2) is 9.97 Å². The first-order valence-corrected chi connectivity index (χ1v) is 9.59. The van der Waals surface area contributed by atoms with E-state index in [1.807, 2.05) is 74.5 Å². The van der Waals surface area contributed by atoms with Crippen molar-refractivity contribution in [1.29, 1.82) is 0 Å². The fourth-order valence-electron chi connectivity index (χ4n) is 2.94. The van der Waals surface area contributed by atoms with E-state index >= 15 is 0 Å². The number of rotatable bonds is 8. The van der Waals surface area contributed by atoms with Gasteiger partial charge in [0.15, 0.2) is 0 Å². The van der Waals surface area contributed by atoms with Gasteiger partial charge in [-0.2, -0.15) is 0 Å². The molecule has 1 heterocycles. The summed E-state index contributed by atoms with van der Waals surface area (Å²) in [6.07, 6.45) is 0. The van der Waals surface area contributed by atoms with Gasteiger partial charge in [0.05, 0.1) is 6.54 Å². The van der Waals surface area contributed by atoms with Gasteiger partial charge in [-0.05, 0) is 49.7 Å². The number of amides is 1. The molecule has 2 aromatic carbocycles. The quantitative estimate of drug-likeness (QED) is 0.633. The zero-order valence-corrected chi connectivity index (χ0v) is 17.1. The van der Waals surface area contributed by atoms with Gasteiger partial charge in [-0.1, -0.05) is 30.3 Å². The summed E-state index contributed by atoms with van der Waals surface area (Å²) in [6.45, 7) is 5.38. The SMILES string of the molecule is Cc1cc(C)nc(NCc2cccc(C(=O)N(C)CCOc3ccccc3)c2)n1. The second-order valence-electron chi connectivity index (χ2n) is 6.92. The zero-order chi connectivity index (χ0) is 20.6. The molecule has 1 N–H and O–H groups in total. The Morgan fingerprint density at radius 2 is 1.72 bits per heavy atom. The Kier molecular flexibility index (Phi) is 6.79. The van der Waals surface area contributed by atoms with Gasteiger partial charge in [0.2, 0.25) is 5.95 Å². The van der Waals surface area contributed by atoms with Crippen molar-refractivity contribution >= 4 is 11.9 Å². The average Bonchev–Trinajstić information content (AvgIpc) is 2.72. The van der Waals surface area contributed by atoms with Crippen LogP contribution in [0.3, 0.4) is 0 Å². The van der Waals surface area contributed by atoms with Crippen LogP contribution in [0.2, 0.25) is 0 Å². The summed E-state index contributed by atoms with van der Waals surface area (Å²) in [7, 11) is 1.78. The van der Waals surface area contributed by atoms with Crippen molar-refractivity contribution in [3.8, 4) is 5.75 Å². The molecule has 0 atom stereocenters. The van der Waals surface area contributed by atoms with E-state index in [4.69, 9.17) is 4.74 Å². The number of ether oxygens (including phenoxy) is 1. The van der Waals surface area contributed by atoms with Crippen LogP contribution in [0.25, 0.3) is 0 Å². The summed E-state index contributed by atoms with van der Waals surface area (Å²) in [5.74, 6) is 1.36. The second kappa shape index (κ2) is 9.68. The highest BCUT2D eigenvalue weighted by Crippen LogP contribution is 2.12. The maximum absolute atomic E-state index is 12.7. The van der Waals surface area contributed by atoms with E-state index in [-0.39, 0.29) is 5.91 Å². The minimum Gasteiger partial charge on any atom is -0.492 e. The van der Waals surface area contributed by atoms with Gasteiger partial charge in [0.25, 0.3) is 5.91 Å². The van der Waals surface area contributed by atoms with Crippen LogP contribution in [0.5, 0.6) is 5.75 Å². The zero-order valence-electron chi connectivity index (χ0n) is 17.1. The van der Waals surface area contributed by atoms with Crippen molar-refractivity contribution in [2.24, 2.45) is 0 Å². The molecule has 0 bridgehead atoms. The number of aromatic nitrogens is 2. The molecule has 0 radical (unpaired) electrons. The molecule has 0 unspecified atom stereocenters. The third-order valence-corrected chi connectivity index (χ3v) is 4.39. The summed E-state index contributed by atoms with van der Waals surface area (Å²) in [5, 5.41) is 3.22. The maximum Gasteiger partial charge on any atom is 0.253 e. The van der Waals surface area contributed by atoms with Gasteiger partial charge >= 0.3 is 0 Å². The molecule has 3 rings (SSSR count). The molecule has 150 valence electrons. The molecule has 0 aliphatic carbocycles. The van der Waals surface area contributed by atoms with Crippen molar-refractivity contribution in [2.75, 3.05) is 25.5 Å². The molecule has 6 nitrogen and oxygen atoms in total. The van der Waals surface area contributed by atoms with Crippen molar-refractivity contribution in [3.05, 3.63) is 83.2 Å². The standard InChI is InChI=1S/C23H26N4O2/c1-17-14-18(2)26-23(25-17)24-16-19-8-7-9-20(15-19)22(28)27(3)12-13-29-21-10-5-4-6-11-21/h4-11,14-15H,12-13,16H2,1-3H3,(H,24,25,26). The fourth-order valence-corrected chi connectivity index (χ4v) is 2.94. The highest BCUT2D eigenvalue weighted by Gasteiger charge is 2.12. The number of carbonyl (C=O) groups excluding carboxylic acids is 1. The highest BCUT2D eigenvalue weighted by molar-refractivity contribution is 5.94. The normalized spacial score (nSPS) is 10.4. The molecule has 0 saturated carbocycles. The minimum atomic E-state index is -0.0360. The molecule has 0 fully saturated rings. The van der Waals surface area contributed by atoms with E-state index in [0.717, 1.165) is 22.7 Å². The first-order valence-electron chi connectivity index (χ1n) is 9.59. The Balaban J connectivity index is 1.55. The van der Waals surface area contributed by atoms with Crippen LogP contribution in [0, 0.1) is 13.8 Å². The lowest BCUT2D eigenvalue weighted by Crippen LogP contribution is -2.31.